The van der Waals surface area contributed by atoms with E-state index in [1.54, 1.807) is 24.3 Å². The van der Waals surface area contributed by atoms with Crippen LogP contribution in [-0.2, 0) is 9.53 Å². The lowest BCUT2D eigenvalue weighted by molar-refractivity contribution is -0.244. The van der Waals surface area contributed by atoms with Crippen molar-refractivity contribution in [1.29, 1.82) is 0 Å². The van der Waals surface area contributed by atoms with Gasteiger partial charge in [0.1, 0.15) is 30.1 Å². The zero-order valence-corrected chi connectivity index (χ0v) is 13.1. The first-order chi connectivity index (χ1) is 11.4. The lowest BCUT2D eigenvalue weighted by Gasteiger charge is -2.42. The maximum Gasteiger partial charge on any atom is 0.432 e. The van der Waals surface area contributed by atoms with E-state index in [4.69, 9.17) is 19.5 Å². The van der Waals surface area contributed by atoms with Crippen LogP contribution in [0.15, 0.2) is 30.3 Å². The van der Waals surface area contributed by atoms with Crippen molar-refractivity contribution in [3.05, 3.63) is 30.3 Å². The van der Waals surface area contributed by atoms with Crippen molar-refractivity contribution >= 4 is 13.6 Å². The molecule has 1 fully saturated rings. The maximum atomic E-state index is 11.2. The van der Waals surface area contributed by atoms with Crippen molar-refractivity contribution in [2.75, 3.05) is 6.61 Å². The zero-order chi connectivity index (χ0) is 18.1. The van der Waals surface area contributed by atoms with E-state index in [0.29, 0.717) is 5.75 Å². The molecule has 24 heavy (non-hydrogen) atoms. The van der Waals surface area contributed by atoms with E-state index in [1.807, 2.05) is 6.07 Å². The summed E-state index contributed by atoms with van der Waals surface area (Å²) >= 11 is 0. The third-order valence-corrected chi connectivity index (χ3v) is 3.25. The highest BCUT2D eigenvalue weighted by Crippen LogP contribution is 2.24. The molecule has 0 aliphatic carbocycles. The molecule has 1 aromatic rings. The minimum Gasteiger partial charge on any atom is -0.463 e. The van der Waals surface area contributed by atoms with E-state index in [2.05, 4.69) is 5.32 Å². The summed E-state index contributed by atoms with van der Waals surface area (Å²) in [6.45, 7) is 0.816. The van der Waals surface area contributed by atoms with Crippen LogP contribution in [0.4, 0.5) is 0 Å². The minimum absolute atomic E-state index is 0.390. The molecular formula is C14H22BNO8. The Hall–Kier alpha value is -1.69. The van der Waals surface area contributed by atoms with Gasteiger partial charge in [0.15, 0.2) is 0 Å². The monoisotopic (exact) mass is 343 g/mol. The Morgan fingerprint density at radius 3 is 2.33 bits per heavy atom. The SMILES string of the molecule is CC(=O)N[C@H]1C(Oc2ccccc2)O[C@H](CO)[C@@H](O)[C@@H]1O.OBO. The van der Waals surface area contributed by atoms with Crippen LogP contribution in [0.2, 0.25) is 0 Å². The van der Waals surface area contributed by atoms with Crippen molar-refractivity contribution in [1.82, 2.24) is 5.32 Å². The lowest BCUT2D eigenvalue weighted by atomic mass is 9.97. The van der Waals surface area contributed by atoms with E-state index in [0.717, 1.165) is 0 Å². The largest absolute Gasteiger partial charge is 0.463 e. The summed E-state index contributed by atoms with van der Waals surface area (Å²) in [5, 5.41) is 45.9. The topological polar surface area (TPSA) is 149 Å². The minimum atomic E-state index is -1.32. The second-order valence-electron chi connectivity index (χ2n) is 5.01. The first kappa shape index (κ1) is 20.4. The van der Waals surface area contributed by atoms with Crippen molar-refractivity contribution < 1.29 is 39.6 Å². The van der Waals surface area contributed by atoms with Crippen molar-refractivity contribution in [2.24, 2.45) is 0 Å². The van der Waals surface area contributed by atoms with Crippen molar-refractivity contribution in [2.45, 2.75) is 37.6 Å². The van der Waals surface area contributed by atoms with E-state index >= 15 is 0 Å². The van der Waals surface area contributed by atoms with Gasteiger partial charge >= 0.3 is 7.69 Å². The molecule has 0 spiro atoms. The highest BCUT2D eigenvalue weighted by atomic mass is 16.7. The number of hydrogen-bond donors (Lipinski definition) is 6. The first-order valence-corrected chi connectivity index (χ1v) is 7.27. The molecule has 6 N–H and O–H groups in total. The number of hydrogen-bond acceptors (Lipinski definition) is 8. The summed E-state index contributed by atoms with van der Waals surface area (Å²) in [7, 11) is -0.750. The maximum absolute atomic E-state index is 11.2. The molecule has 2 rings (SSSR count). The van der Waals surface area contributed by atoms with Crippen LogP contribution in [-0.4, -0.2) is 76.2 Å². The highest BCUT2D eigenvalue weighted by molar-refractivity contribution is 6.13. The molecule has 1 aliphatic heterocycles. The van der Waals surface area contributed by atoms with Gasteiger partial charge < -0.3 is 40.2 Å². The summed E-state index contributed by atoms with van der Waals surface area (Å²) in [6, 6.07) is 7.79. The number of benzene rings is 1. The van der Waals surface area contributed by atoms with Crippen LogP contribution in [0.25, 0.3) is 0 Å². The molecule has 1 heterocycles. The molecular weight excluding hydrogens is 321 g/mol. The summed E-state index contributed by atoms with van der Waals surface area (Å²) in [5.41, 5.74) is 0. The van der Waals surface area contributed by atoms with E-state index in [9.17, 15) is 20.1 Å². The molecule has 1 aromatic carbocycles. The Morgan fingerprint density at radius 1 is 1.25 bits per heavy atom. The molecule has 1 amide bonds. The molecule has 0 radical (unpaired) electrons. The number of nitrogens with one attached hydrogen (secondary N) is 1. The summed E-state index contributed by atoms with van der Waals surface area (Å²) in [5.74, 6) is 0.0945. The molecule has 1 aliphatic rings. The molecule has 9 nitrogen and oxygen atoms in total. The number of carbonyl (C=O) groups excluding carboxylic acids is 1. The molecule has 1 saturated heterocycles. The van der Waals surface area contributed by atoms with E-state index in [-0.39, 0.29) is 5.91 Å². The fourth-order valence-corrected chi connectivity index (χ4v) is 2.20. The van der Waals surface area contributed by atoms with Crippen molar-refractivity contribution in [3.8, 4) is 5.75 Å². The van der Waals surface area contributed by atoms with Crippen molar-refractivity contribution in [3.63, 3.8) is 0 Å². The Bertz CT molecular complexity index is 491. The Labute approximate surface area is 139 Å². The predicted molar refractivity (Wildman–Crippen MR) is 84.0 cm³/mol. The van der Waals surface area contributed by atoms with Gasteiger partial charge in [-0.15, -0.1) is 0 Å². The van der Waals surface area contributed by atoms with Crippen LogP contribution in [0.5, 0.6) is 5.75 Å². The molecule has 1 unspecified atom stereocenters. The van der Waals surface area contributed by atoms with Crippen LogP contribution < -0.4 is 10.1 Å². The summed E-state index contributed by atoms with van der Waals surface area (Å²) in [4.78, 5) is 11.2. The van der Waals surface area contributed by atoms with Gasteiger partial charge in [-0.1, -0.05) is 18.2 Å². The Balaban J connectivity index is 0.000000891. The van der Waals surface area contributed by atoms with Gasteiger partial charge in [0, 0.05) is 6.92 Å². The van der Waals surface area contributed by atoms with Crippen LogP contribution in [0.3, 0.4) is 0 Å². The van der Waals surface area contributed by atoms with Gasteiger partial charge in [0.05, 0.1) is 6.61 Å². The van der Waals surface area contributed by atoms with Gasteiger partial charge in [-0.2, -0.15) is 0 Å². The van der Waals surface area contributed by atoms with Gasteiger partial charge in [-0.25, -0.2) is 0 Å². The van der Waals surface area contributed by atoms with Crippen LogP contribution in [0.1, 0.15) is 6.92 Å². The Morgan fingerprint density at radius 2 is 1.83 bits per heavy atom. The number of para-hydroxylation sites is 1. The molecule has 10 heteroatoms. The summed E-state index contributed by atoms with van der Waals surface area (Å²) in [6.07, 6.45) is -4.64. The third kappa shape index (κ3) is 5.75. The predicted octanol–water partition coefficient (Wildman–Crippen LogP) is -2.75. The van der Waals surface area contributed by atoms with Gasteiger partial charge in [0.25, 0.3) is 0 Å². The number of aliphatic hydroxyl groups excluding tert-OH is 3. The average Bonchev–Trinajstić information content (AvgIpc) is 2.55. The number of carbonyl (C=O) groups is 1. The van der Waals surface area contributed by atoms with E-state index < -0.39 is 44.9 Å². The average molecular weight is 343 g/mol. The quantitative estimate of drug-likeness (QED) is 0.322. The number of rotatable bonds is 4. The molecule has 0 bridgehead atoms. The Kier molecular flexibility index (Phi) is 8.68. The van der Waals surface area contributed by atoms with Gasteiger partial charge in [0.2, 0.25) is 12.2 Å². The van der Waals surface area contributed by atoms with Gasteiger partial charge in [-0.3, -0.25) is 4.79 Å². The number of ether oxygens (including phenoxy) is 2. The number of aliphatic hydroxyl groups is 3. The van der Waals surface area contributed by atoms with Crippen LogP contribution in [0, 0.1) is 0 Å². The van der Waals surface area contributed by atoms with Crippen LogP contribution >= 0.6 is 0 Å². The molecule has 0 aromatic heterocycles. The highest BCUT2D eigenvalue weighted by Gasteiger charge is 2.45. The first-order valence-electron chi connectivity index (χ1n) is 7.27. The second-order valence-corrected chi connectivity index (χ2v) is 5.01. The van der Waals surface area contributed by atoms with E-state index in [1.165, 1.54) is 6.92 Å². The zero-order valence-electron chi connectivity index (χ0n) is 13.1. The fraction of sp³-hybridized carbons (Fsp3) is 0.500. The summed E-state index contributed by atoms with van der Waals surface area (Å²) < 4.78 is 11.0. The third-order valence-electron chi connectivity index (χ3n) is 3.25. The molecule has 0 saturated carbocycles. The normalized spacial score (nSPS) is 29.0. The number of amides is 1. The fourth-order valence-electron chi connectivity index (χ4n) is 2.20. The molecule has 5 atom stereocenters. The smallest absolute Gasteiger partial charge is 0.432 e. The second kappa shape index (κ2) is 10.2. The van der Waals surface area contributed by atoms with Gasteiger partial charge in [-0.05, 0) is 12.1 Å². The standard InChI is InChI=1S/C14H19NO6.BH3O2/c1-8(17)15-11-13(19)12(18)10(7-16)21-14(11)20-9-5-3-2-4-6-9;2-1-3/h2-6,10-14,16,18-19H,7H2,1H3,(H,15,17);1-3H/t10-,11-,12-,13-,14?;/m1./s1. The molecule has 134 valence electrons. The lowest BCUT2D eigenvalue weighted by Crippen LogP contribution is -2.65.